The summed E-state index contributed by atoms with van der Waals surface area (Å²) in [4.78, 5) is 16.9. The minimum Gasteiger partial charge on any atom is -0.390 e. The molecule has 2 fully saturated rings. The molecular weight excluding hydrogens is 401 g/mol. The van der Waals surface area contributed by atoms with Crippen molar-refractivity contribution in [2.75, 3.05) is 25.0 Å². The standard InChI is InChI=1S/C22H30FN5O3/c1-25-8-9-26-21(25)24-28(22(26)30)13-19(29)12-27-17-6-7-18(27)11-20(10-17)31-14-15-2-4-16(23)5-3-15/h2-5,17-20,29H,6-14H2,1H3. The SMILES string of the molecule is CN1CCn2c1nn(CC(O)CN1C3CCC1CC(OCc1ccc(F)cc1)C3)c2=O. The molecule has 0 saturated carbocycles. The molecule has 1 aromatic carbocycles. The fraction of sp³-hybridized carbons (Fsp3) is 0.636. The van der Waals surface area contributed by atoms with Crippen molar-refractivity contribution in [3.05, 3.63) is 46.1 Å². The molecule has 5 rings (SSSR count). The van der Waals surface area contributed by atoms with Crippen molar-refractivity contribution >= 4 is 5.95 Å². The van der Waals surface area contributed by atoms with Crippen molar-refractivity contribution in [2.24, 2.45) is 0 Å². The summed E-state index contributed by atoms with van der Waals surface area (Å²) in [6.07, 6.45) is 3.64. The molecule has 0 spiro atoms. The highest BCUT2D eigenvalue weighted by Gasteiger charge is 2.41. The van der Waals surface area contributed by atoms with Crippen LogP contribution in [0, 0.1) is 5.82 Å². The molecule has 8 nitrogen and oxygen atoms in total. The number of piperidine rings is 1. The fourth-order valence-corrected chi connectivity index (χ4v) is 5.33. The first-order valence-electron chi connectivity index (χ1n) is 11.2. The smallest absolute Gasteiger partial charge is 0.347 e. The molecule has 0 aliphatic carbocycles. The number of rotatable bonds is 7. The van der Waals surface area contributed by atoms with Gasteiger partial charge >= 0.3 is 5.69 Å². The van der Waals surface area contributed by atoms with Gasteiger partial charge < -0.3 is 14.7 Å². The first kappa shape index (κ1) is 20.7. The van der Waals surface area contributed by atoms with Gasteiger partial charge in [0.1, 0.15) is 5.82 Å². The van der Waals surface area contributed by atoms with Crippen LogP contribution in [0.5, 0.6) is 0 Å². The molecule has 2 bridgehead atoms. The van der Waals surface area contributed by atoms with Crippen LogP contribution in [0.2, 0.25) is 0 Å². The van der Waals surface area contributed by atoms with Crippen molar-refractivity contribution in [3.63, 3.8) is 0 Å². The second kappa shape index (κ2) is 8.37. The molecule has 168 valence electrons. The monoisotopic (exact) mass is 431 g/mol. The van der Waals surface area contributed by atoms with Crippen LogP contribution in [0.3, 0.4) is 0 Å². The number of fused-ring (bicyclic) bond motifs is 3. The third-order valence-electron chi connectivity index (χ3n) is 6.95. The van der Waals surface area contributed by atoms with Gasteiger partial charge in [0.15, 0.2) is 0 Å². The van der Waals surface area contributed by atoms with Crippen LogP contribution in [-0.2, 0) is 24.4 Å². The normalized spacial score (nSPS) is 26.4. The van der Waals surface area contributed by atoms with Gasteiger partial charge in [-0.05, 0) is 43.4 Å². The average Bonchev–Trinajstić information content (AvgIpc) is 3.33. The van der Waals surface area contributed by atoms with E-state index in [2.05, 4.69) is 10.00 Å². The van der Waals surface area contributed by atoms with E-state index < -0.39 is 6.10 Å². The maximum atomic E-state index is 13.1. The number of anilines is 1. The minimum absolute atomic E-state index is 0.144. The van der Waals surface area contributed by atoms with E-state index in [1.54, 1.807) is 16.7 Å². The Balaban J connectivity index is 1.15. The highest BCUT2D eigenvalue weighted by atomic mass is 19.1. The Morgan fingerprint density at radius 3 is 2.55 bits per heavy atom. The summed E-state index contributed by atoms with van der Waals surface area (Å²) in [7, 11) is 1.92. The lowest BCUT2D eigenvalue weighted by Gasteiger charge is -2.39. The predicted molar refractivity (Wildman–Crippen MR) is 113 cm³/mol. The summed E-state index contributed by atoms with van der Waals surface area (Å²) in [5.74, 6) is 0.444. The number of hydrogen-bond donors (Lipinski definition) is 1. The lowest BCUT2D eigenvalue weighted by Crippen LogP contribution is -2.49. The molecule has 3 atom stereocenters. The lowest BCUT2D eigenvalue weighted by molar-refractivity contribution is -0.0402. The zero-order valence-corrected chi connectivity index (χ0v) is 17.9. The average molecular weight is 432 g/mol. The summed E-state index contributed by atoms with van der Waals surface area (Å²) >= 11 is 0. The van der Waals surface area contributed by atoms with Crippen molar-refractivity contribution in [2.45, 2.75) is 69.7 Å². The molecule has 9 heteroatoms. The Morgan fingerprint density at radius 2 is 1.87 bits per heavy atom. The number of hydrogen-bond acceptors (Lipinski definition) is 6. The number of aliphatic hydroxyl groups is 1. The molecule has 2 aromatic rings. The van der Waals surface area contributed by atoms with Crippen LogP contribution in [0.4, 0.5) is 10.3 Å². The van der Waals surface area contributed by atoms with Gasteiger partial charge in [-0.2, -0.15) is 0 Å². The number of benzene rings is 1. The first-order chi connectivity index (χ1) is 15.0. The molecule has 1 N–H and O–H groups in total. The second-order valence-corrected chi connectivity index (χ2v) is 9.10. The highest BCUT2D eigenvalue weighted by Crippen LogP contribution is 2.37. The van der Waals surface area contributed by atoms with Gasteiger partial charge in [0.25, 0.3) is 0 Å². The largest absolute Gasteiger partial charge is 0.390 e. The van der Waals surface area contributed by atoms with Crippen LogP contribution in [-0.4, -0.2) is 68.8 Å². The fourth-order valence-electron chi connectivity index (χ4n) is 5.33. The first-order valence-corrected chi connectivity index (χ1v) is 11.2. The summed E-state index contributed by atoms with van der Waals surface area (Å²) in [5, 5.41) is 15.1. The Morgan fingerprint density at radius 1 is 1.16 bits per heavy atom. The summed E-state index contributed by atoms with van der Waals surface area (Å²) in [5.41, 5.74) is 0.837. The van der Waals surface area contributed by atoms with Crippen molar-refractivity contribution in [1.82, 2.24) is 19.2 Å². The number of halogens is 1. The zero-order valence-electron chi connectivity index (χ0n) is 17.9. The third kappa shape index (κ3) is 4.14. The summed E-state index contributed by atoms with van der Waals surface area (Å²) in [6, 6.07) is 7.24. The van der Waals surface area contributed by atoms with Gasteiger partial charge in [-0.3, -0.25) is 9.47 Å². The highest BCUT2D eigenvalue weighted by molar-refractivity contribution is 5.31. The van der Waals surface area contributed by atoms with Gasteiger partial charge in [0.05, 0.1) is 25.4 Å². The maximum Gasteiger partial charge on any atom is 0.347 e. The number of nitrogens with zero attached hydrogens (tertiary/aromatic N) is 5. The van der Waals surface area contributed by atoms with E-state index in [1.165, 1.54) is 16.8 Å². The topological polar surface area (TPSA) is 75.8 Å². The van der Waals surface area contributed by atoms with Gasteiger partial charge in [0, 0.05) is 38.8 Å². The number of aliphatic hydroxyl groups excluding tert-OH is 1. The number of ether oxygens (including phenoxy) is 1. The van der Waals surface area contributed by atoms with Gasteiger partial charge in [-0.25, -0.2) is 13.9 Å². The molecule has 4 heterocycles. The third-order valence-corrected chi connectivity index (χ3v) is 6.95. The molecule has 0 radical (unpaired) electrons. The van der Waals surface area contributed by atoms with E-state index in [-0.39, 0.29) is 24.2 Å². The number of aromatic nitrogens is 3. The van der Waals surface area contributed by atoms with Gasteiger partial charge in [0.2, 0.25) is 5.95 Å². The van der Waals surface area contributed by atoms with E-state index in [9.17, 15) is 14.3 Å². The molecule has 31 heavy (non-hydrogen) atoms. The van der Waals surface area contributed by atoms with Crippen LogP contribution in [0.1, 0.15) is 31.2 Å². The lowest BCUT2D eigenvalue weighted by atomic mass is 9.99. The van der Waals surface area contributed by atoms with Crippen molar-refractivity contribution in [3.8, 4) is 0 Å². The van der Waals surface area contributed by atoms with Gasteiger partial charge in [-0.15, -0.1) is 5.10 Å². The van der Waals surface area contributed by atoms with E-state index in [0.29, 0.717) is 37.7 Å². The van der Waals surface area contributed by atoms with Crippen LogP contribution in [0.15, 0.2) is 29.1 Å². The zero-order chi connectivity index (χ0) is 21.5. The van der Waals surface area contributed by atoms with Crippen LogP contribution < -0.4 is 10.6 Å². The Hall–Kier alpha value is -2.23. The Kier molecular flexibility index (Phi) is 5.58. The molecular formula is C22H30FN5O3. The van der Waals surface area contributed by atoms with E-state index in [0.717, 1.165) is 37.8 Å². The van der Waals surface area contributed by atoms with E-state index >= 15 is 0 Å². The Bertz CT molecular complexity index is 961. The van der Waals surface area contributed by atoms with Crippen molar-refractivity contribution < 1.29 is 14.2 Å². The summed E-state index contributed by atoms with van der Waals surface area (Å²) in [6.45, 7) is 2.70. The summed E-state index contributed by atoms with van der Waals surface area (Å²) < 4.78 is 22.3. The molecule has 1 aromatic heterocycles. The molecule has 0 amide bonds. The van der Waals surface area contributed by atoms with E-state index in [1.807, 2.05) is 11.9 Å². The van der Waals surface area contributed by atoms with Crippen LogP contribution in [0.25, 0.3) is 0 Å². The minimum atomic E-state index is -0.640. The van der Waals surface area contributed by atoms with Crippen molar-refractivity contribution in [1.29, 1.82) is 0 Å². The van der Waals surface area contributed by atoms with Gasteiger partial charge in [-0.1, -0.05) is 12.1 Å². The molecule has 2 saturated heterocycles. The molecule has 3 aliphatic rings. The molecule has 3 unspecified atom stereocenters. The maximum absolute atomic E-state index is 13.1. The van der Waals surface area contributed by atoms with Crippen LogP contribution >= 0.6 is 0 Å². The Labute approximate surface area is 180 Å². The molecule has 3 aliphatic heterocycles. The van der Waals surface area contributed by atoms with E-state index in [4.69, 9.17) is 4.74 Å². The second-order valence-electron chi connectivity index (χ2n) is 9.10. The number of likely N-dealkylation sites (N-methyl/N-ethyl adjacent to an activating group) is 1. The predicted octanol–water partition coefficient (Wildman–Crippen LogP) is 1.21. The quantitative estimate of drug-likeness (QED) is 0.710.